The largest absolute Gasteiger partial charge is 0.474 e. The molecule has 0 radical (unpaired) electrons. The second-order valence-corrected chi connectivity index (χ2v) is 7.06. The Morgan fingerprint density at radius 2 is 2.00 bits per heavy atom. The van der Waals surface area contributed by atoms with Crippen molar-refractivity contribution < 1.29 is 14.3 Å². The molecular formula is C21H26ClNO3. The monoisotopic (exact) mass is 375 g/mol. The second-order valence-electron chi connectivity index (χ2n) is 6.66. The Morgan fingerprint density at radius 3 is 2.58 bits per heavy atom. The smallest absolute Gasteiger partial charge is 0.213 e. The van der Waals surface area contributed by atoms with Gasteiger partial charge in [-0.15, -0.1) is 0 Å². The van der Waals surface area contributed by atoms with Crippen molar-refractivity contribution >= 4 is 17.4 Å². The molecule has 0 N–H and O–H groups in total. The maximum absolute atomic E-state index is 11.2. The quantitative estimate of drug-likeness (QED) is 0.550. The minimum Gasteiger partial charge on any atom is -0.474 e. The average molecular weight is 376 g/mol. The molecule has 0 amide bonds. The second kappa shape index (κ2) is 9.58. The van der Waals surface area contributed by atoms with Gasteiger partial charge in [-0.3, -0.25) is 0 Å². The van der Waals surface area contributed by atoms with Crippen LogP contribution in [0.15, 0.2) is 36.5 Å². The van der Waals surface area contributed by atoms with E-state index >= 15 is 0 Å². The van der Waals surface area contributed by atoms with Gasteiger partial charge < -0.3 is 14.3 Å². The molecule has 2 atom stereocenters. The Labute approximate surface area is 160 Å². The van der Waals surface area contributed by atoms with E-state index in [1.807, 2.05) is 32.0 Å². The van der Waals surface area contributed by atoms with Gasteiger partial charge >= 0.3 is 0 Å². The van der Waals surface area contributed by atoms with Gasteiger partial charge in [-0.1, -0.05) is 37.9 Å². The summed E-state index contributed by atoms with van der Waals surface area (Å²) in [7, 11) is 0. The SMILES string of the molecule is CCCc1ccc(Oc2ccc(O[C@@H](C)[C@H](C)CC(C)=O)nc2)c(Cl)c1. The van der Waals surface area contributed by atoms with Crippen molar-refractivity contribution in [2.45, 2.75) is 53.1 Å². The zero-order chi connectivity index (χ0) is 19.1. The number of hydrogen-bond acceptors (Lipinski definition) is 4. The predicted octanol–water partition coefficient (Wildman–Crippen LogP) is 5.86. The molecule has 1 aromatic heterocycles. The number of Topliss-reactive ketones (excluding diaryl/α,β-unsaturated/α-hetero) is 1. The Morgan fingerprint density at radius 1 is 1.23 bits per heavy atom. The summed E-state index contributed by atoms with van der Waals surface area (Å²) in [5.74, 6) is 1.99. The van der Waals surface area contributed by atoms with Crippen molar-refractivity contribution in [3.63, 3.8) is 0 Å². The van der Waals surface area contributed by atoms with Gasteiger partial charge in [0, 0.05) is 12.5 Å². The lowest BCUT2D eigenvalue weighted by Gasteiger charge is -2.20. The van der Waals surface area contributed by atoms with Crippen molar-refractivity contribution in [2.24, 2.45) is 5.92 Å². The number of carbonyl (C=O) groups excluding carboxylic acids is 1. The molecule has 0 unspecified atom stereocenters. The number of aromatic nitrogens is 1. The molecular weight excluding hydrogens is 350 g/mol. The number of carbonyl (C=O) groups is 1. The number of aryl methyl sites for hydroxylation is 1. The fourth-order valence-corrected chi connectivity index (χ4v) is 2.86. The van der Waals surface area contributed by atoms with Gasteiger partial charge in [0.1, 0.15) is 23.4 Å². The molecule has 4 nitrogen and oxygen atoms in total. The van der Waals surface area contributed by atoms with Crippen LogP contribution < -0.4 is 9.47 Å². The van der Waals surface area contributed by atoms with E-state index < -0.39 is 0 Å². The third-order valence-electron chi connectivity index (χ3n) is 4.19. The number of hydrogen-bond donors (Lipinski definition) is 0. The van der Waals surface area contributed by atoms with Crippen LogP contribution in [0.25, 0.3) is 0 Å². The molecule has 2 rings (SSSR count). The molecule has 0 spiro atoms. The molecule has 0 aliphatic carbocycles. The van der Waals surface area contributed by atoms with Crippen molar-refractivity contribution in [2.75, 3.05) is 0 Å². The van der Waals surface area contributed by atoms with Crippen LogP contribution in [0.1, 0.15) is 46.1 Å². The maximum Gasteiger partial charge on any atom is 0.213 e. The van der Waals surface area contributed by atoms with Crippen LogP contribution in [0, 0.1) is 5.92 Å². The molecule has 140 valence electrons. The van der Waals surface area contributed by atoms with Crippen LogP contribution in [-0.2, 0) is 11.2 Å². The fraction of sp³-hybridized carbons (Fsp3) is 0.429. The first-order valence-corrected chi connectivity index (χ1v) is 9.35. The first-order chi connectivity index (χ1) is 12.4. The van der Waals surface area contributed by atoms with Crippen molar-refractivity contribution in [1.82, 2.24) is 4.98 Å². The van der Waals surface area contributed by atoms with Crippen LogP contribution >= 0.6 is 11.6 Å². The van der Waals surface area contributed by atoms with Crippen LogP contribution in [0.4, 0.5) is 0 Å². The molecule has 1 heterocycles. The lowest BCUT2D eigenvalue weighted by atomic mass is 10.00. The summed E-state index contributed by atoms with van der Waals surface area (Å²) in [6.45, 7) is 7.66. The standard InChI is InChI=1S/C21H26ClNO3/c1-5-6-17-7-9-20(19(22)12-17)26-18-8-10-21(23-13-18)25-16(4)14(2)11-15(3)24/h7-10,12-14,16H,5-6,11H2,1-4H3/t14-,16+/m1/s1. The highest BCUT2D eigenvalue weighted by molar-refractivity contribution is 6.32. The van der Waals surface area contributed by atoms with Crippen LogP contribution in [-0.4, -0.2) is 16.9 Å². The summed E-state index contributed by atoms with van der Waals surface area (Å²) in [4.78, 5) is 15.5. The van der Waals surface area contributed by atoms with Crippen molar-refractivity contribution in [3.8, 4) is 17.4 Å². The van der Waals surface area contributed by atoms with E-state index in [1.165, 1.54) is 5.56 Å². The van der Waals surface area contributed by atoms with Crippen LogP contribution in [0.2, 0.25) is 5.02 Å². The first kappa shape index (κ1) is 20.2. The summed E-state index contributed by atoms with van der Waals surface area (Å²) in [5.41, 5.74) is 1.19. The minimum atomic E-state index is -0.0984. The number of nitrogens with zero attached hydrogens (tertiary/aromatic N) is 1. The molecule has 5 heteroatoms. The first-order valence-electron chi connectivity index (χ1n) is 8.97. The summed E-state index contributed by atoms with van der Waals surface area (Å²) in [6.07, 6.45) is 4.07. The van der Waals surface area contributed by atoms with Crippen LogP contribution in [0.3, 0.4) is 0 Å². The zero-order valence-corrected chi connectivity index (χ0v) is 16.5. The number of benzene rings is 1. The Kier molecular flexibility index (Phi) is 7.46. The molecule has 0 fully saturated rings. The van der Waals surface area contributed by atoms with Gasteiger partial charge in [0.25, 0.3) is 0 Å². The third kappa shape index (κ3) is 6.03. The van der Waals surface area contributed by atoms with Gasteiger partial charge in [0.05, 0.1) is 11.2 Å². The van der Waals surface area contributed by atoms with E-state index in [1.54, 1.807) is 25.3 Å². The van der Waals surface area contributed by atoms with E-state index in [9.17, 15) is 4.79 Å². The van der Waals surface area contributed by atoms with E-state index in [0.29, 0.717) is 28.8 Å². The number of halogens is 1. The minimum absolute atomic E-state index is 0.0984. The Bertz CT molecular complexity index is 731. The van der Waals surface area contributed by atoms with E-state index in [0.717, 1.165) is 12.8 Å². The van der Waals surface area contributed by atoms with E-state index in [4.69, 9.17) is 21.1 Å². The third-order valence-corrected chi connectivity index (χ3v) is 4.48. The zero-order valence-electron chi connectivity index (χ0n) is 15.8. The fourth-order valence-electron chi connectivity index (χ4n) is 2.62. The molecule has 1 aromatic carbocycles. The molecule has 0 saturated heterocycles. The average Bonchev–Trinajstić information content (AvgIpc) is 2.58. The number of ketones is 1. The topological polar surface area (TPSA) is 48.4 Å². The molecule has 0 bridgehead atoms. The highest BCUT2D eigenvalue weighted by atomic mass is 35.5. The summed E-state index contributed by atoms with van der Waals surface area (Å²) >= 11 is 6.29. The van der Waals surface area contributed by atoms with Gasteiger partial charge in [-0.05, 0) is 49.9 Å². The Balaban J connectivity index is 1.98. The van der Waals surface area contributed by atoms with E-state index in [2.05, 4.69) is 11.9 Å². The van der Waals surface area contributed by atoms with Gasteiger partial charge in [-0.25, -0.2) is 4.98 Å². The summed E-state index contributed by atoms with van der Waals surface area (Å²) in [5, 5.41) is 0.586. The van der Waals surface area contributed by atoms with Crippen molar-refractivity contribution in [1.29, 1.82) is 0 Å². The molecule has 0 saturated carbocycles. The molecule has 2 aromatic rings. The highest BCUT2D eigenvalue weighted by Crippen LogP contribution is 2.31. The lowest BCUT2D eigenvalue weighted by molar-refractivity contribution is -0.118. The normalized spacial score (nSPS) is 13.1. The van der Waals surface area contributed by atoms with Gasteiger partial charge in [0.15, 0.2) is 0 Å². The van der Waals surface area contributed by atoms with E-state index in [-0.39, 0.29) is 17.8 Å². The summed E-state index contributed by atoms with van der Waals surface area (Å²) < 4.78 is 11.6. The van der Waals surface area contributed by atoms with Gasteiger partial charge in [0.2, 0.25) is 5.88 Å². The predicted molar refractivity (Wildman–Crippen MR) is 104 cm³/mol. The summed E-state index contributed by atoms with van der Waals surface area (Å²) in [6, 6.07) is 9.38. The number of ether oxygens (including phenoxy) is 2. The molecule has 26 heavy (non-hydrogen) atoms. The van der Waals surface area contributed by atoms with Crippen molar-refractivity contribution in [3.05, 3.63) is 47.1 Å². The van der Waals surface area contributed by atoms with Crippen LogP contribution in [0.5, 0.6) is 17.4 Å². The lowest BCUT2D eigenvalue weighted by Crippen LogP contribution is -2.23. The van der Waals surface area contributed by atoms with Gasteiger partial charge in [-0.2, -0.15) is 0 Å². The Hall–Kier alpha value is -2.07. The number of pyridine rings is 1. The maximum atomic E-state index is 11.2. The highest BCUT2D eigenvalue weighted by Gasteiger charge is 2.16. The molecule has 0 aliphatic heterocycles. The number of rotatable bonds is 9. The molecule has 0 aliphatic rings.